The maximum Gasteiger partial charge on any atom is 0.494 e. The van der Waals surface area contributed by atoms with Gasteiger partial charge < -0.3 is 84.3 Å². The van der Waals surface area contributed by atoms with Crippen molar-refractivity contribution in [1.82, 2.24) is 80.7 Å². The molecule has 5 aliphatic heterocycles. The quantitative estimate of drug-likeness (QED) is 0.0245. The van der Waals surface area contributed by atoms with Gasteiger partial charge in [-0.2, -0.15) is 0 Å². The fraction of sp³-hybridized carbons (Fsp3) is 0.473. The molecular weight excluding hydrogens is 1620 g/mol. The topological polar surface area (TPSA) is 359 Å². The van der Waals surface area contributed by atoms with Gasteiger partial charge in [0.1, 0.15) is 47.5 Å². The van der Waals surface area contributed by atoms with Crippen LogP contribution in [0.25, 0.3) is 77.3 Å². The van der Waals surface area contributed by atoms with Crippen LogP contribution < -0.4 is 26.7 Å². The van der Waals surface area contributed by atoms with Crippen LogP contribution in [0, 0.1) is 23.7 Å². The molecule has 29 nitrogen and oxygen atoms in total. The molecule has 8 N–H and O–H groups in total. The minimum Gasteiger partial charge on any atom is -0.453 e. The Morgan fingerprint density at radius 2 is 0.779 bits per heavy atom. The monoisotopic (exact) mass is 1730 g/mol. The summed E-state index contributed by atoms with van der Waals surface area (Å²) in [6.45, 7) is 27.9. The summed E-state index contributed by atoms with van der Waals surface area (Å²) in [5.41, 5.74) is 9.62. The van der Waals surface area contributed by atoms with E-state index >= 15 is 0 Å². The molecule has 15 rings (SSSR count). The third-order valence-electron chi connectivity index (χ3n) is 24.5. The van der Waals surface area contributed by atoms with E-state index in [1.807, 2.05) is 112 Å². The Balaban J connectivity index is 0.000000169. The third-order valence-corrected chi connectivity index (χ3v) is 25.0. The van der Waals surface area contributed by atoms with Gasteiger partial charge in [0.25, 0.3) is 0 Å². The van der Waals surface area contributed by atoms with Crippen molar-refractivity contribution in [2.24, 2.45) is 23.7 Å². The predicted molar refractivity (Wildman–Crippen MR) is 472 cm³/mol. The lowest BCUT2D eigenvalue weighted by Crippen LogP contribution is -2.51. The highest BCUT2D eigenvalue weighted by Crippen LogP contribution is 2.41. The number of methoxy groups -OCH3 is 3. The number of aromatic amines is 4. The Morgan fingerprint density at radius 1 is 0.443 bits per heavy atom. The first-order chi connectivity index (χ1) is 58.2. The Bertz CT molecular complexity index is 5490. The van der Waals surface area contributed by atoms with Gasteiger partial charge in [-0.1, -0.05) is 139 Å². The number of nitrogens with zero attached hydrogens (tertiary/aromatic N) is 8. The lowest BCUT2D eigenvalue weighted by Gasteiger charge is -2.32. The molecule has 6 aromatic carbocycles. The number of carbonyl (C=O) groups is 8. The molecular formula is C91H114BBrN16O13. The molecule has 10 aromatic rings. The molecule has 0 bridgehead atoms. The van der Waals surface area contributed by atoms with E-state index in [9.17, 15) is 38.4 Å². The van der Waals surface area contributed by atoms with Gasteiger partial charge in [-0.25, -0.2) is 34.3 Å². The number of imidazole rings is 4. The van der Waals surface area contributed by atoms with Gasteiger partial charge in [0, 0.05) is 48.2 Å². The first-order valence-corrected chi connectivity index (χ1v) is 43.3. The van der Waals surface area contributed by atoms with Gasteiger partial charge >= 0.3 is 25.4 Å². The summed E-state index contributed by atoms with van der Waals surface area (Å²) in [5.74, 6) is 2.24. The predicted octanol–water partition coefficient (Wildman–Crippen LogP) is 15.0. The molecule has 0 aliphatic carbocycles. The number of halogens is 1. The van der Waals surface area contributed by atoms with Crippen molar-refractivity contribution in [2.75, 3.05) is 47.5 Å². The number of hydrogen-bond donors (Lipinski definition) is 8. The average molecular weight is 1730 g/mol. The molecule has 8 atom stereocenters. The van der Waals surface area contributed by atoms with Crippen molar-refractivity contribution >= 4 is 120 Å². The van der Waals surface area contributed by atoms with E-state index in [2.05, 4.69) is 175 Å². The molecule has 0 radical (unpaired) electrons. The Hall–Kier alpha value is -11.2. The number of aromatic nitrogens is 8. The minimum atomic E-state index is -0.693. The molecule has 5 fully saturated rings. The number of amides is 8. The summed E-state index contributed by atoms with van der Waals surface area (Å²) in [7, 11) is 3.48. The van der Waals surface area contributed by atoms with Crippen LogP contribution in [0.2, 0.25) is 0 Å². The molecule has 4 aromatic heterocycles. The number of likely N-dealkylation sites (tertiary alicyclic amines) is 4. The zero-order valence-electron chi connectivity index (χ0n) is 72.5. The molecule has 8 amide bonds. The van der Waals surface area contributed by atoms with Gasteiger partial charge in [-0.15, -0.1) is 0 Å². The van der Waals surface area contributed by atoms with Crippen molar-refractivity contribution in [3.05, 3.63) is 149 Å². The normalized spacial score (nSPS) is 19.1. The van der Waals surface area contributed by atoms with E-state index in [1.165, 1.54) is 21.3 Å². The zero-order valence-corrected chi connectivity index (χ0v) is 74.1. The zero-order chi connectivity index (χ0) is 87.3. The second kappa shape index (κ2) is 37.7. The minimum absolute atomic E-state index is 0.0223. The summed E-state index contributed by atoms with van der Waals surface area (Å²) >= 11 is 3.47. The third kappa shape index (κ3) is 19.3. The number of fused-ring (bicyclic) bond motifs is 4. The van der Waals surface area contributed by atoms with Crippen LogP contribution in [-0.2, 0) is 47.5 Å². The van der Waals surface area contributed by atoms with Gasteiger partial charge in [0.2, 0.25) is 29.5 Å². The van der Waals surface area contributed by atoms with Gasteiger partial charge in [0.15, 0.2) is 0 Å². The highest BCUT2D eigenvalue weighted by atomic mass is 79.9. The van der Waals surface area contributed by atoms with Gasteiger partial charge in [-0.3, -0.25) is 24.0 Å². The number of alkyl carbamates (subject to hydrolysis) is 3. The van der Waals surface area contributed by atoms with Crippen LogP contribution in [0.4, 0.5) is 14.4 Å². The highest BCUT2D eigenvalue weighted by Gasteiger charge is 2.52. The van der Waals surface area contributed by atoms with Crippen LogP contribution in [0.3, 0.4) is 0 Å². The second-order valence-corrected chi connectivity index (χ2v) is 35.6. The average Bonchev–Trinajstić information content (AvgIpc) is 1.61. The fourth-order valence-corrected chi connectivity index (χ4v) is 17.2. The van der Waals surface area contributed by atoms with Crippen molar-refractivity contribution < 1.29 is 61.9 Å². The van der Waals surface area contributed by atoms with Crippen LogP contribution >= 0.6 is 15.9 Å². The van der Waals surface area contributed by atoms with Crippen molar-refractivity contribution in [3.63, 3.8) is 0 Å². The molecule has 9 heterocycles. The summed E-state index contributed by atoms with van der Waals surface area (Å²) in [6, 6.07) is 34.1. The molecule has 5 saturated heterocycles. The number of rotatable bonds is 21. The van der Waals surface area contributed by atoms with Crippen molar-refractivity contribution in [1.29, 1.82) is 0 Å². The van der Waals surface area contributed by atoms with Crippen LogP contribution in [0.1, 0.15) is 195 Å². The molecule has 0 saturated carbocycles. The Morgan fingerprint density at radius 3 is 1.17 bits per heavy atom. The summed E-state index contributed by atoms with van der Waals surface area (Å²) in [6.07, 6.45) is 8.89. The molecule has 0 unspecified atom stereocenters. The number of ether oxygens (including phenoxy) is 3. The van der Waals surface area contributed by atoms with Crippen LogP contribution in [0.5, 0.6) is 0 Å². The number of H-pyrrole nitrogens is 4. The Kier molecular flexibility index (Phi) is 27.4. The van der Waals surface area contributed by atoms with E-state index in [1.54, 1.807) is 6.92 Å². The first kappa shape index (κ1) is 88.6. The number of benzene rings is 6. The summed E-state index contributed by atoms with van der Waals surface area (Å²) < 4.78 is 27.7. The van der Waals surface area contributed by atoms with Crippen molar-refractivity contribution in [2.45, 2.75) is 207 Å². The molecule has 646 valence electrons. The highest BCUT2D eigenvalue weighted by molar-refractivity contribution is 9.10. The first-order valence-electron chi connectivity index (χ1n) is 42.5. The largest absolute Gasteiger partial charge is 0.494 e. The van der Waals surface area contributed by atoms with Crippen LogP contribution in [-0.4, -0.2) is 197 Å². The Labute approximate surface area is 720 Å². The SMILES string of the molecule is CCC(=O)N[C@H](C(=O)N1CCC[C@H]1c1nc2ccc(Br)cc2[nH]1)C(C)C.COC(=O)N[C@H](C(=O)N1CCC[C@H]1c1ncc(-c2ccc3cc(-c4ccc5nc([C@@H]6CCCN6C(=O)[C@@H](NC(=O)OC)C(C)C)[nH]c5c4)ccc3c2)[nH]1)C(C)C.COC(=O)N[C@H](C(=O)N1CCC[C@H]1c1ncc(-c2ccc3cc(B4OC(C)(C)C(C)(C)O4)ccc3c2)[nH]1)C(C)C. The summed E-state index contributed by atoms with van der Waals surface area (Å²) in [4.78, 5) is 142. The van der Waals surface area contributed by atoms with Gasteiger partial charge in [-0.05, 0) is 189 Å². The molecule has 5 aliphatic rings. The van der Waals surface area contributed by atoms with E-state index in [4.69, 9.17) is 38.5 Å². The standard InChI is InChI=1S/C42H50N8O6.C30H39BN4O5.C19H25BrN4O2/c1-23(2)35(47-41(53)55-5)39(51)49-17-7-9-33(49)37-43-22-32(46-37)29-14-13-25-19-26(11-12-27(25)20-29)28-15-16-30-31(21-28)45-38(44-30)34-10-8-18-50(34)40(52)36(24(3)4)48-42(54)56-6;1-18(2)25(34-28(37)38-7)27(36)35-14-8-9-24(35)26-32-17-23(33-26)21-11-10-20-16-22(13-12-19(20)15-21)31-39-29(3,4)30(5,6)40-31;1-4-16(25)23-17(11(2)3)19(26)24-9-5-6-15(24)18-21-13-8-7-12(20)10-14(13)22-18/h11-16,19-24,33-36H,7-10,17-18H2,1-6H3,(H,43,46)(H,44,45)(H,47,53)(H,48,54);10-13,15-18,24-25H,8-9,14H2,1-7H3,(H,32,33)(H,34,37);7-8,10-11,15,17H,4-6,9H2,1-3H3,(H,21,22)(H,23,25)/t33-,34-,35-,36-;24-,25-;15-,17-/m000/s1. The maximum absolute atomic E-state index is 13.6. The number of hydrogen-bond acceptors (Lipinski definition) is 17. The number of carbonyl (C=O) groups excluding carboxylic acids is 8. The smallest absolute Gasteiger partial charge is 0.453 e. The number of nitrogens with one attached hydrogen (secondary N) is 8. The van der Waals surface area contributed by atoms with E-state index in [-0.39, 0.29) is 88.6 Å². The van der Waals surface area contributed by atoms with E-state index in [0.29, 0.717) is 32.6 Å². The van der Waals surface area contributed by atoms with Crippen molar-refractivity contribution in [3.8, 4) is 33.6 Å². The van der Waals surface area contributed by atoms with E-state index < -0.39 is 49.6 Å². The van der Waals surface area contributed by atoms with Crippen LogP contribution in [0.15, 0.2) is 126 Å². The molecule has 0 spiro atoms. The van der Waals surface area contributed by atoms with E-state index in [0.717, 1.165) is 162 Å². The lowest BCUT2D eigenvalue weighted by molar-refractivity contribution is -0.138. The molecule has 122 heavy (non-hydrogen) atoms. The van der Waals surface area contributed by atoms with Gasteiger partial charge in [0.05, 0.1) is 103 Å². The summed E-state index contributed by atoms with van der Waals surface area (Å²) in [5, 5.41) is 15.3. The fourth-order valence-electron chi connectivity index (χ4n) is 16.8. The second-order valence-electron chi connectivity index (χ2n) is 34.7. The maximum atomic E-state index is 13.6. The lowest BCUT2D eigenvalue weighted by atomic mass is 9.78. The molecule has 31 heteroatoms.